The van der Waals surface area contributed by atoms with Crippen molar-refractivity contribution in [1.82, 2.24) is 0 Å². The third kappa shape index (κ3) is 14.1. The zero-order valence-corrected chi connectivity index (χ0v) is 21.9. The average Bonchev–Trinajstić information content (AvgIpc) is 2.82. The van der Waals surface area contributed by atoms with E-state index in [1.807, 2.05) is 34.6 Å². The van der Waals surface area contributed by atoms with Gasteiger partial charge in [0.15, 0.2) is 0 Å². The molecule has 0 bridgehead atoms. The summed E-state index contributed by atoms with van der Waals surface area (Å²) in [5.74, 6) is -1.28. The Morgan fingerprint density at radius 1 is 1.03 bits per heavy atom. The summed E-state index contributed by atoms with van der Waals surface area (Å²) in [5.41, 5.74) is -1.07. The van der Waals surface area contributed by atoms with E-state index in [1.165, 1.54) is 6.42 Å². The van der Waals surface area contributed by atoms with Gasteiger partial charge in [0.25, 0.3) is 0 Å². The first kappa shape index (κ1) is 33.3. The van der Waals surface area contributed by atoms with Gasteiger partial charge in [0.2, 0.25) is 0 Å². The van der Waals surface area contributed by atoms with Crippen LogP contribution in [0.5, 0.6) is 0 Å². The van der Waals surface area contributed by atoms with Gasteiger partial charge in [-0.3, -0.25) is 14.4 Å². The molecule has 1 rings (SSSR count). The highest BCUT2D eigenvalue weighted by molar-refractivity contribution is 5.76. The van der Waals surface area contributed by atoms with Crippen LogP contribution in [0.2, 0.25) is 0 Å². The predicted molar refractivity (Wildman–Crippen MR) is 131 cm³/mol. The number of hydrogen-bond donors (Lipinski definition) is 2. The molecule has 1 aliphatic carbocycles. The van der Waals surface area contributed by atoms with Crippen LogP contribution in [-0.2, 0) is 23.9 Å². The highest BCUT2D eigenvalue weighted by atomic mass is 16.5. The summed E-state index contributed by atoms with van der Waals surface area (Å²) in [4.78, 5) is 32.9. The fraction of sp³-hybridized carbons (Fsp3) is 0.808. The standard InChI is InChI=1S/C12H22O3.C9H16O2.C5H10O2/c1-3-12(2,9-13)11(14)15-10-7-5-4-6-8-10;1-5-7-11-8(10)9(3,4)6-2;1-3-4(2)5(6)7/h10,13H,3-9H2,1-2H3;5H,1,6-7H2,2-4H3;4H,3H2,1-2H3,(H,6,7). The Labute approximate surface area is 200 Å². The molecule has 7 nitrogen and oxygen atoms in total. The quantitative estimate of drug-likeness (QED) is 0.317. The molecule has 33 heavy (non-hydrogen) atoms. The molecule has 194 valence electrons. The molecule has 0 heterocycles. The van der Waals surface area contributed by atoms with Crippen molar-refractivity contribution in [3.8, 4) is 0 Å². The molecule has 0 saturated heterocycles. The molecule has 2 unspecified atom stereocenters. The molecule has 1 saturated carbocycles. The number of carboxylic acid groups (broad SMARTS) is 1. The van der Waals surface area contributed by atoms with E-state index in [-0.39, 0.29) is 36.0 Å². The van der Waals surface area contributed by atoms with Gasteiger partial charge in [0.05, 0.1) is 23.4 Å². The number of carboxylic acids is 1. The van der Waals surface area contributed by atoms with Gasteiger partial charge >= 0.3 is 17.9 Å². The van der Waals surface area contributed by atoms with E-state index in [1.54, 1.807) is 19.9 Å². The molecule has 0 spiro atoms. The van der Waals surface area contributed by atoms with Gasteiger partial charge in [-0.2, -0.15) is 0 Å². The van der Waals surface area contributed by atoms with Crippen molar-refractivity contribution in [2.45, 2.75) is 106 Å². The van der Waals surface area contributed by atoms with Gasteiger partial charge in [-0.1, -0.05) is 46.8 Å². The molecule has 7 heteroatoms. The van der Waals surface area contributed by atoms with Crippen molar-refractivity contribution in [2.24, 2.45) is 16.7 Å². The van der Waals surface area contributed by atoms with Crippen molar-refractivity contribution in [2.75, 3.05) is 13.2 Å². The maximum absolute atomic E-state index is 11.8. The van der Waals surface area contributed by atoms with Crippen molar-refractivity contribution in [1.29, 1.82) is 0 Å². The third-order valence-electron chi connectivity index (χ3n) is 6.25. The van der Waals surface area contributed by atoms with Crippen LogP contribution in [0.15, 0.2) is 12.7 Å². The van der Waals surface area contributed by atoms with Gasteiger partial charge in [0, 0.05) is 0 Å². The Balaban J connectivity index is 0. The van der Waals surface area contributed by atoms with Crippen LogP contribution in [0.3, 0.4) is 0 Å². The second kappa shape index (κ2) is 17.6. The molecule has 1 aliphatic rings. The Morgan fingerprint density at radius 2 is 1.58 bits per heavy atom. The van der Waals surface area contributed by atoms with E-state index >= 15 is 0 Å². The van der Waals surface area contributed by atoms with E-state index in [0.717, 1.165) is 38.5 Å². The SMILES string of the molecule is C=CCOC(=O)C(C)(C)CC.CCC(C)(CO)C(=O)OC1CCCCC1.CCC(C)C(=O)O. The van der Waals surface area contributed by atoms with Gasteiger partial charge in [-0.05, 0) is 65.7 Å². The number of aliphatic carboxylic acids is 1. The van der Waals surface area contributed by atoms with Crippen LogP contribution >= 0.6 is 0 Å². The molecule has 0 aromatic heterocycles. The Kier molecular flexibility index (Phi) is 17.7. The number of carbonyl (C=O) groups is 3. The van der Waals surface area contributed by atoms with E-state index in [4.69, 9.17) is 14.6 Å². The molecule has 2 atom stereocenters. The van der Waals surface area contributed by atoms with Gasteiger partial charge < -0.3 is 19.7 Å². The monoisotopic (exact) mass is 472 g/mol. The maximum atomic E-state index is 11.8. The molecule has 0 radical (unpaired) electrons. The van der Waals surface area contributed by atoms with Crippen molar-refractivity contribution < 1.29 is 34.1 Å². The molecule has 0 aromatic rings. The topological polar surface area (TPSA) is 110 Å². The van der Waals surface area contributed by atoms with E-state index in [9.17, 15) is 19.5 Å². The third-order valence-corrected chi connectivity index (χ3v) is 6.25. The summed E-state index contributed by atoms with van der Waals surface area (Å²) in [7, 11) is 0. The molecule has 0 amide bonds. The first-order chi connectivity index (χ1) is 15.3. The number of carbonyl (C=O) groups excluding carboxylic acids is 2. The molecular weight excluding hydrogens is 424 g/mol. The summed E-state index contributed by atoms with van der Waals surface area (Å²) >= 11 is 0. The number of rotatable bonds is 10. The minimum atomic E-state index is -0.711. The lowest BCUT2D eigenvalue weighted by Gasteiger charge is -2.28. The van der Waals surface area contributed by atoms with Crippen LogP contribution in [0.4, 0.5) is 0 Å². The molecular formula is C26H48O7. The number of aliphatic hydroxyl groups excluding tert-OH is 1. The minimum Gasteiger partial charge on any atom is -0.481 e. The Morgan fingerprint density at radius 3 is 1.91 bits per heavy atom. The zero-order valence-electron chi connectivity index (χ0n) is 21.9. The minimum absolute atomic E-state index is 0.0867. The second-order valence-corrected chi connectivity index (χ2v) is 9.51. The lowest BCUT2D eigenvalue weighted by molar-refractivity contribution is -0.164. The normalized spacial score (nSPS) is 16.5. The summed E-state index contributed by atoms with van der Waals surface area (Å²) in [6.07, 6.45) is 9.31. The number of esters is 2. The largest absolute Gasteiger partial charge is 0.481 e. The lowest BCUT2D eigenvalue weighted by Crippen LogP contribution is -2.36. The fourth-order valence-electron chi connectivity index (χ4n) is 2.45. The van der Waals surface area contributed by atoms with Crippen LogP contribution in [-0.4, -0.2) is 47.4 Å². The first-order valence-electron chi connectivity index (χ1n) is 12.2. The predicted octanol–water partition coefficient (Wildman–Crippen LogP) is 5.54. The number of aliphatic hydroxyl groups is 1. The van der Waals surface area contributed by atoms with Crippen LogP contribution in [0.1, 0.15) is 99.8 Å². The lowest BCUT2D eigenvalue weighted by atomic mass is 9.88. The zero-order chi connectivity index (χ0) is 26.1. The number of ether oxygens (including phenoxy) is 2. The number of hydrogen-bond acceptors (Lipinski definition) is 6. The van der Waals surface area contributed by atoms with Crippen molar-refractivity contribution in [3.63, 3.8) is 0 Å². The summed E-state index contributed by atoms with van der Waals surface area (Å²) in [6.45, 7) is 16.6. The average molecular weight is 473 g/mol. The fourth-order valence-corrected chi connectivity index (χ4v) is 2.45. The van der Waals surface area contributed by atoms with Crippen LogP contribution < -0.4 is 0 Å². The highest BCUT2D eigenvalue weighted by Gasteiger charge is 2.34. The van der Waals surface area contributed by atoms with Crippen molar-refractivity contribution in [3.05, 3.63) is 12.7 Å². The molecule has 1 fully saturated rings. The van der Waals surface area contributed by atoms with Gasteiger partial charge in [-0.15, -0.1) is 0 Å². The van der Waals surface area contributed by atoms with Crippen molar-refractivity contribution >= 4 is 17.9 Å². The van der Waals surface area contributed by atoms with Gasteiger partial charge in [-0.25, -0.2) is 0 Å². The smallest absolute Gasteiger partial charge is 0.314 e. The van der Waals surface area contributed by atoms with Gasteiger partial charge in [0.1, 0.15) is 12.7 Å². The first-order valence-corrected chi connectivity index (χ1v) is 12.2. The Bertz CT molecular complexity index is 573. The van der Waals surface area contributed by atoms with E-state index in [0.29, 0.717) is 13.0 Å². The molecule has 0 aromatic carbocycles. The van der Waals surface area contributed by atoms with Crippen LogP contribution in [0, 0.1) is 16.7 Å². The summed E-state index contributed by atoms with van der Waals surface area (Å²) in [6, 6.07) is 0. The van der Waals surface area contributed by atoms with E-state index < -0.39 is 11.4 Å². The molecule has 2 N–H and O–H groups in total. The summed E-state index contributed by atoms with van der Waals surface area (Å²) in [5, 5.41) is 17.4. The summed E-state index contributed by atoms with van der Waals surface area (Å²) < 4.78 is 10.3. The van der Waals surface area contributed by atoms with Crippen LogP contribution in [0.25, 0.3) is 0 Å². The molecule has 0 aliphatic heterocycles. The highest BCUT2D eigenvalue weighted by Crippen LogP contribution is 2.27. The maximum Gasteiger partial charge on any atom is 0.314 e. The Hall–Kier alpha value is -1.89. The second-order valence-electron chi connectivity index (χ2n) is 9.51. The van der Waals surface area contributed by atoms with E-state index in [2.05, 4.69) is 6.58 Å².